The summed E-state index contributed by atoms with van der Waals surface area (Å²) < 4.78 is 12.8. The number of hydrogen-bond donors (Lipinski definition) is 2. The third-order valence-electron chi connectivity index (χ3n) is 6.40. The SMILES string of the molecule is CCC(CC)(C1=NC(CO)C(c2ccccc2)O1)C1=NC(CO)C(c2ccccc2)O1. The van der Waals surface area contributed by atoms with Gasteiger partial charge in [-0.15, -0.1) is 0 Å². The van der Waals surface area contributed by atoms with E-state index in [4.69, 9.17) is 19.5 Å². The number of aliphatic imine (C=N–C) groups is 2. The van der Waals surface area contributed by atoms with E-state index >= 15 is 0 Å². The van der Waals surface area contributed by atoms with Gasteiger partial charge >= 0.3 is 0 Å². The molecule has 0 amide bonds. The van der Waals surface area contributed by atoms with Gasteiger partial charge in [-0.1, -0.05) is 74.5 Å². The van der Waals surface area contributed by atoms with Gasteiger partial charge in [-0.05, 0) is 24.0 Å². The van der Waals surface area contributed by atoms with Crippen LogP contribution in [0.4, 0.5) is 0 Å². The van der Waals surface area contributed by atoms with Crippen LogP contribution in [-0.4, -0.2) is 47.3 Å². The van der Waals surface area contributed by atoms with Gasteiger partial charge in [0.1, 0.15) is 29.7 Å². The smallest absolute Gasteiger partial charge is 0.200 e. The van der Waals surface area contributed by atoms with Crippen molar-refractivity contribution in [2.24, 2.45) is 15.4 Å². The Labute approximate surface area is 183 Å². The molecule has 2 aromatic rings. The first-order valence-corrected chi connectivity index (χ1v) is 11.0. The molecular weight excluding hydrogens is 392 g/mol. The molecule has 6 nitrogen and oxygen atoms in total. The van der Waals surface area contributed by atoms with Crippen molar-refractivity contribution in [3.8, 4) is 0 Å². The molecule has 164 valence electrons. The lowest BCUT2D eigenvalue weighted by Crippen LogP contribution is -2.39. The van der Waals surface area contributed by atoms with Gasteiger partial charge in [0, 0.05) is 0 Å². The van der Waals surface area contributed by atoms with E-state index in [9.17, 15) is 10.2 Å². The largest absolute Gasteiger partial charge is 0.470 e. The lowest BCUT2D eigenvalue weighted by molar-refractivity contribution is 0.126. The Morgan fingerprint density at radius 3 is 1.42 bits per heavy atom. The van der Waals surface area contributed by atoms with Gasteiger partial charge in [0.25, 0.3) is 0 Å². The monoisotopic (exact) mass is 422 g/mol. The molecule has 2 aromatic carbocycles. The number of aliphatic hydroxyl groups is 2. The van der Waals surface area contributed by atoms with E-state index in [1.54, 1.807) is 0 Å². The number of ether oxygens (including phenoxy) is 2. The summed E-state index contributed by atoms with van der Waals surface area (Å²) in [5.41, 5.74) is 1.31. The molecule has 2 heterocycles. The zero-order chi connectivity index (χ0) is 21.8. The van der Waals surface area contributed by atoms with Crippen LogP contribution in [0.5, 0.6) is 0 Å². The van der Waals surface area contributed by atoms with Crippen LogP contribution in [0.25, 0.3) is 0 Å². The predicted molar refractivity (Wildman–Crippen MR) is 120 cm³/mol. The quantitative estimate of drug-likeness (QED) is 0.677. The van der Waals surface area contributed by atoms with Gasteiger partial charge in [-0.25, -0.2) is 9.98 Å². The maximum atomic E-state index is 9.98. The number of aliphatic hydroxyl groups excluding tert-OH is 2. The molecular formula is C25H30N2O4. The Hall–Kier alpha value is -2.70. The Morgan fingerprint density at radius 1 is 0.710 bits per heavy atom. The van der Waals surface area contributed by atoms with E-state index in [-0.39, 0.29) is 37.5 Å². The van der Waals surface area contributed by atoms with Crippen molar-refractivity contribution in [2.75, 3.05) is 13.2 Å². The van der Waals surface area contributed by atoms with Crippen LogP contribution in [0, 0.1) is 5.41 Å². The molecule has 6 heteroatoms. The third kappa shape index (κ3) is 3.86. The molecule has 4 atom stereocenters. The topological polar surface area (TPSA) is 83.6 Å². The fraction of sp³-hybridized carbons (Fsp3) is 0.440. The Bertz CT molecular complexity index is 852. The van der Waals surface area contributed by atoms with Crippen LogP contribution in [0.3, 0.4) is 0 Å². The number of nitrogens with zero attached hydrogens (tertiary/aromatic N) is 2. The van der Waals surface area contributed by atoms with Gasteiger partial charge in [0.2, 0.25) is 0 Å². The van der Waals surface area contributed by atoms with E-state index in [1.807, 2.05) is 60.7 Å². The summed E-state index contributed by atoms with van der Waals surface area (Å²) in [4.78, 5) is 9.59. The zero-order valence-corrected chi connectivity index (χ0v) is 18.0. The highest BCUT2D eigenvalue weighted by Crippen LogP contribution is 2.43. The summed E-state index contributed by atoms with van der Waals surface area (Å²) >= 11 is 0. The maximum Gasteiger partial charge on any atom is 0.200 e. The minimum absolute atomic E-state index is 0.105. The second-order valence-corrected chi connectivity index (χ2v) is 8.06. The third-order valence-corrected chi connectivity index (χ3v) is 6.40. The molecule has 2 N–H and O–H groups in total. The molecule has 4 unspecified atom stereocenters. The first-order valence-electron chi connectivity index (χ1n) is 11.0. The predicted octanol–water partition coefficient (Wildman–Crippen LogP) is 3.85. The van der Waals surface area contributed by atoms with Gasteiger partial charge < -0.3 is 19.7 Å². The fourth-order valence-corrected chi connectivity index (χ4v) is 4.45. The lowest BCUT2D eigenvalue weighted by Gasteiger charge is -2.31. The lowest BCUT2D eigenvalue weighted by atomic mass is 9.81. The highest BCUT2D eigenvalue weighted by Gasteiger charge is 2.50. The van der Waals surface area contributed by atoms with Gasteiger partial charge in [-0.3, -0.25) is 0 Å². The van der Waals surface area contributed by atoms with E-state index in [1.165, 1.54) is 0 Å². The Kier molecular flexibility index (Phi) is 6.39. The molecule has 4 rings (SSSR count). The first kappa shape index (κ1) is 21.5. The second kappa shape index (κ2) is 9.20. The molecule has 0 saturated carbocycles. The van der Waals surface area contributed by atoms with Gasteiger partial charge in [-0.2, -0.15) is 0 Å². The number of benzene rings is 2. The van der Waals surface area contributed by atoms with Crippen LogP contribution in [0.15, 0.2) is 70.6 Å². The summed E-state index contributed by atoms with van der Waals surface area (Å²) in [6.07, 6.45) is 0.666. The summed E-state index contributed by atoms with van der Waals surface area (Å²) in [5, 5.41) is 20.0. The van der Waals surface area contributed by atoms with Crippen molar-refractivity contribution in [1.82, 2.24) is 0 Å². The van der Waals surface area contributed by atoms with Crippen LogP contribution in [0.1, 0.15) is 50.0 Å². The average Bonchev–Trinajstić information content (AvgIpc) is 3.47. The average molecular weight is 423 g/mol. The molecule has 31 heavy (non-hydrogen) atoms. The molecule has 2 aliphatic heterocycles. The highest BCUT2D eigenvalue weighted by atomic mass is 16.5. The second-order valence-electron chi connectivity index (χ2n) is 8.06. The van der Waals surface area contributed by atoms with E-state index in [0.717, 1.165) is 11.1 Å². The van der Waals surface area contributed by atoms with Crippen molar-refractivity contribution in [1.29, 1.82) is 0 Å². The van der Waals surface area contributed by atoms with Crippen LogP contribution >= 0.6 is 0 Å². The minimum Gasteiger partial charge on any atom is -0.470 e. The van der Waals surface area contributed by atoms with E-state index in [0.29, 0.717) is 24.6 Å². The maximum absolute atomic E-state index is 9.98. The molecule has 0 aromatic heterocycles. The summed E-state index contributed by atoms with van der Waals surface area (Å²) in [6, 6.07) is 18.9. The van der Waals surface area contributed by atoms with Crippen molar-refractivity contribution in [3.05, 3.63) is 71.8 Å². The molecule has 0 fully saturated rings. The first-order chi connectivity index (χ1) is 15.2. The van der Waals surface area contributed by atoms with Crippen LogP contribution < -0.4 is 0 Å². The highest BCUT2D eigenvalue weighted by molar-refractivity contribution is 6.06. The van der Waals surface area contributed by atoms with Crippen LogP contribution in [0.2, 0.25) is 0 Å². The van der Waals surface area contributed by atoms with Crippen LogP contribution in [-0.2, 0) is 9.47 Å². The summed E-state index contributed by atoms with van der Waals surface area (Å²) in [7, 11) is 0. The normalized spacial score (nSPS) is 25.5. The van der Waals surface area contributed by atoms with Crippen molar-refractivity contribution < 1.29 is 19.7 Å². The standard InChI is InChI=1S/C25H30N2O4/c1-3-25(4-2,23-26-19(15-28)21(30-23)17-11-7-5-8-12-17)24-27-20(16-29)22(31-24)18-13-9-6-10-14-18/h5-14,19-22,28-29H,3-4,15-16H2,1-2H3. The summed E-state index contributed by atoms with van der Waals surface area (Å²) in [6.45, 7) is 3.92. The summed E-state index contributed by atoms with van der Waals surface area (Å²) in [5.74, 6) is 1.10. The van der Waals surface area contributed by atoms with Gasteiger partial charge in [0.15, 0.2) is 11.8 Å². The van der Waals surface area contributed by atoms with Crippen molar-refractivity contribution in [3.63, 3.8) is 0 Å². The minimum atomic E-state index is -0.645. The molecule has 0 radical (unpaired) electrons. The Balaban J connectivity index is 1.66. The van der Waals surface area contributed by atoms with E-state index < -0.39 is 5.41 Å². The van der Waals surface area contributed by atoms with Crippen molar-refractivity contribution >= 4 is 11.8 Å². The van der Waals surface area contributed by atoms with Gasteiger partial charge in [0.05, 0.1) is 13.2 Å². The fourth-order valence-electron chi connectivity index (χ4n) is 4.45. The zero-order valence-electron chi connectivity index (χ0n) is 18.0. The Morgan fingerprint density at radius 2 is 1.10 bits per heavy atom. The van der Waals surface area contributed by atoms with E-state index in [2.05, 4.69) is 13.8 Å². The molecule has 0 aliphatic carbocycles. The number of hydrogen-bond acceptors (Lipinski definition) is 6. The molecule has 0 spiro atoms. The number of rotatable bonds is 8. The molecule has 0 bridgehead atoms. The van der Waals surface area contributed by atoms with Crippen molar-refractivity contribution in [2.45, 2.75) is 51.0 Å². The molecule has 0 saturated heterocycles. The molecule has 2 aliphatic rings.